The predicted molar refractivity (Wildman–Crippen MR) is 86.0 cm³/mol. The number of hydrogen-bond acceptors (Lipinski definition) is 2. The molecule has 3 nitrogen and oxygen atoms in total. The van der Waals surface area contributed by atoms with E-state index < -0.39 is 17.0 Å². The van der Waals surface area contributed by atoms with Crippen molar-refractivity contribution in [1.82, 2.24) is 0 Å². The summed E-state index contributed by atoms with van der Waals surface area (Å²) in [4.78, 5) is 11.7. The first-order chi connectivity index (χ1) is 9.58. The molecule has 1 aromatic carbocycles. The summed E-state index contributed by atoms with van der Waals surface area (Å²) in [6, 6.07) is 7.64. The molecule has 1 atom stereocenters. The highest BCUT2D eigenvalue weighted by Crippen LogP contribution is 2.34. The maximum Gasteiger partial charge on any atom is 0.317 e. The molecule has 0 aliphatic rings. The summed E-state index contributed by atoms with van der Waals surface area (Å²) < 4.78 is 5.69. The zero-order chi connectivity index (χ0) is 16.3. The smallest absolute Gasteiger partial charge is 0.317 e. The molecule has 3 heteroatoms. The van der Waals surface area contributed by atoms with Crippen LogP contribution in [-0.2, 0) is 16.0 Å². The Bertz CT molecular complexity index is 535. The molecule has 0 radical (unpaired) electrons. The first-order valence-corrected chi connectivity index (χ1v) is 6.91. The number of benzene rings is 1. The van der Waals surface area contributed by atoms with Gasteiger partial charge in [-0.2, -0.15) is 0 Å². The van der Waals surface area contributed by atoms with Crippen LogP contribution in [0.25, 0.3) is 6.08 Å². The fourth-order valence-electron chi connectivity index (χ4n) is 1.96. The summed E-state index contributed by atoms with van der Waals surface area (Å²) in [7, 11) is 0. The van der Waals surface area contributed by atoms with Gasteiger partial charge in [-0.05, 0) is 45.2 Å². The highest BCUT2D eigenvalue weighted by Gasteiger charge is 2.39. The van der Waals surface area contributed by atoms with Crippen molar-refractivity contribution < 1.29 is 14.6 Å². The van der Waals surface area contributed by atoms with Crippen LogP contribution >= 0.6 is 0 Å². The Hall–Kier alpha value is -2.03. The molecular weight excluding hydrogens is 264 g/mol. The number of carboxylic acid groups (broad SMARTS) is 1. The molecule has 0 heterocycles. The second-order valence-corrected chi connectivity index (χ2v) is 6.40. The minimum Gasteiger partial charge on any atom is -0.492 e. The fourth-order valence-corrected chi connectivity index (χ4v) is 1.96. The molecule has 21 heavy (non-hydrogen) atoms. The Morgan fingerprint density at radius 2 is 1.76 bits per heavy atom. The molecule has 0 bridgehead atoms. The van der Waals surface area contributed by atoms with E-state index >= 15 is 0 Å². The third-order valence-electron chi connectivity index (χ3n) is 3.29. The zero-order valence-electron chi connectivity index (χ0n) is 13.3. The van der Waals surface area contributed by atoms with Gasteiger partial charge in [-0.3, -0.25) is 4.79 Å². The van der Waals surface area contributed by atoms with Gasteiger partial charge >= 0.3 is 5.97 Å². The molecule has 114 valence electrons. The molecule has 0 aromatic heterocycles. The molecule has 0 aliphatic carbocycles. The molecule has 0 saturated heterocycles. The molecule has 1 aromatic rings. The van der Waals surface area contributed by atoms with Crippen LogP contribution < -0.4 is 0 Å². The lowest BCUT2D eigenvalue weighted by Crippen LogP contribution is -2.36. The highest BCUT2D eigenvalue weighted by molar-refractivity contribution is 5.78. The summed E-state index contributed by atoms with van der Waals surface area (Å²) in [6.07, 6.45) is 2.08. The van der Waals surface area contributed by atoms with Crippen molar-refractivity contribution >= 4 is 12.0 Å². The van der Waals surface area contributed by atoms with Gasteiger partial charge in [-0.15, -0.1) is 0 Å². The van der Waals surface area contributed by atoms with Crippen molar-refractivity contribution in [2.24, 2.45) is 5.41 Å². The van der Waals surface area contributed by atoms with Crippen LogP contribution in [0.2, 0.25) is 0 Å². The van der Waals surface area contributed by atoms with Crippen LogP contribution in [0.15, 0.2) is 43.2 Å². The van der Waals surface area contributed by atoms with Crippen LogP contribution in [0.5, 0.6) is 0 Å². The van der Waals surface area contributed by atoms with Gasteiger partial charge in [0.05, 0.1) is 0 Å². The lowest BCUT2D eigenvalue weighted by Gasteiger charge is -2.32. The topological polar surface area (TPSA) is 46.5 Å². The first-order valence-electron chi connectivity index (χ1n) is 6.91. The van der Waals surface area contributed by atoms with Gasteiger partial charge in [0.2, 0.25) is 0 Å². The minimum atomic E-state index is -1.16. The summed E-state index contributed by atoms with van der Waals surface area (Å²) in [6.45, 7) is 14.8. The van der Waals surface area contributed by atoms with Crippen LogP contribution in [0.3, 0.4) is 0 Å². The summed E-state index contributed by atoms with van der Waals surface area (Å²) in [5.41, 5.74) is 0.286. The van der Waals surface area contributed by atoms with E-state index in [-0.39, 0.29) is 5.76 Å². The molecule has 0 aliphatic heterocycles. The van der Waals surface area contributed by atoms with Gasteiger partial charge in [0.1, 0.15) is 16.8 Å². The molecule has 1 rings (SSSR count). The van der Waals surface area contributed by atoms with Crippen molar-refractivity contribution in [3.63, 3.8) is 0 Å². The third kappa shape index (κ3) is 4.48. The Morgan fingerprint density at radius 1 is 1.24 bits per heavy atom. The van der Waals surface area contributed by atoms with E-state index in [4.69, 9.17) is 4.74 Å². The Labute approximate surface area is 127 Å². The maximum absolute atomic E-state index is 11.7. The van der Waals surface area contributed by atoms with Crippen molar-refractivity contribution in [2.75, 3.05) is 0 Å². The van der Waals surface area contributed by atoms with Gasteiger partial charge in [-0.1, -0.05) is 43.5 Å². The molecule has 0 saturated carbocycles. The fraction of sp³-hybridized carbons (Fsp3) is 0.389. The summed E-state index contributed by atoms with van der Waals surface area (Å²) in [5, 5.41) is 9.60. The van der Waals surface area contributed by atoms with E-state index in [1.807, 2.05) is 45.0 Å². The van der Waals surface area contributed by atoms with Gasteiger partial charge in [-0.25, -0.2) is 0 Å². The average Bonchev–Trinajstić information content (AvgIpc) is 2.37. The molecule has 1 N–H and O–H groups in total. The Balaban J connectivity index is 3.02. The van der Waals surface area contributed by atoms with E-state index in [2.05, 4.69) is 13.2 Å². The normalized spacial score (nSPS) is 14.1. The molecule has 0 amide bonds. The zero-order valence-corrected chi connectivity index (χ0v) is 13.3. The van der Waals surface area contributed by atoms with Gasteiger partial charge in [0, 0.05) is 0 Å². The van der Waals surface area contributed by atoms with Crippen molar-refractivity contribution in [2.45, 2.75) is 39.7 Å². The molecular formula is C18H24O3. The van der Waals surface area contributed by atoms with Crippen LogP contribution in [0.4, 0.5) is 0 Å². The van der Waals surface area contributed by atoms with Crippen molar-refractivity contribution in [3.8, 4) is 0 Å². The van der Waals surface area contributed by atoms with Crippen molar-refractivity contribution in [1.29, 1.82) is 0 Å². The molecule has 0 spiro atoms. The maximum atomic E-state index is 11.7. The lowest BCUT2D eigenvalue weighted by atomic mass is 9.81. The average molecular weight is 288 g/mol. The third-order valence-corrected chi connectivity index (χ3v) is 3.29. The minimum absolute atomic E-state index is 0.273. The predicted octanol–water partition coefficient (Wildman–Crippen LogP) is 4.29. The largest absolute Gasteiger partial charge is 0.492 e. The molecule has 1 unspecified atom stereocenters. The van der Waals surface area contributed by atoms with Gasteiger partial charge in [0.15, 0.2) is 0 Å². The SMILES string of the molecule is C=Cc1ccc(CC(C)(C(=C)OC(C)(C)C)C(=O)O)cc1. The monoisotopic (exact) mass is 288 g/mol. The number of rotatable bonds is 6. The Morgan fingerprint density at radius 3 is 2.14 bits per heavy atom. The van der Waals surface area contributed by atoms with E-state index in [0.717, 1.165) is 11.1 Å². The van der Waals surface area contributed by atoms with Crippen molar-refractivity contribution in [3.05, 3.63) is 54.3 Å². The number of hydrogen-bond donors (Lipinski definition) is 1. The number of carboxylic acids is 1. The van der Waals surface area contributed by atoms with Crippen LogP contribution in [0, 0.1) is 5.41 Å². The quantitative estimate of drug-likeness (QED) is 0.794. The lowest BCUT2D eigenvalue weighted by molar-refractivity contribution is -0.149. The molecule has 0 fully saturated rings. The van der Waals surface area contributed by atoms with E-state index in [1.165, 1.54) is 0 Å². The summed E-state index contributed by atoms with van der Waals surface area (Å²) >= 11 is 0. The standard InChI is InChI=1S/C18H24O3/c1-7-14-8-10-15(11-9-14)12-18(6,16(19)20)13(2)21-17(3,4)5/h7-11H,1-2,12H2,3-6H3,(H,19,20). The van der Waals surface area contributed by atoms with Crippen LogP contribution in [-0.4, -0.2) is 16.7 Å². The highest BCUT2D eigenvalue weighted by atomic mass is 16.5. The van der Waals surface area contributed by atoms with E-state index in [0.29, 0.717) is 6.42 Å². The van der Waals surface area contributed by atoms with Gasteiger partial charge in [0.25, 0.3) is 0 Å². The van der Waals surface area contributed by atoms with E-state index in [9.17, 15) is 9.90 Å². The first kappa shape index (κ1) is 17.0. The number of aliphatic carboxylic acids is 1. The van der Waals surface area contributed by atoms with Crippen LogP contribution in [0.1, 0.15) is 38.8 Å². The van der Waals surface area contributed by atoms with Gasteiger partial charge < -0.3 is 9.84 Å². The second kappa shape index (κ2) is 6.17. The number of carbonyl (C=O) groups is 1. The van der Waals surface area contributed by atoms with E-state index in [1.54, 1.807) is 13.0 Å². The summed E-state index contributed by atoms with van der Waals surface area (Å²) in [5.74, 6) is -0.667. The second-order valence-electron chi connectivity index (χ2n) is 6.40. The Kier molecular flexibility index (Phi) is 5.00. The number of ether oxygens (including phenoxy) is 1.